The zero-order valence-corrected chi connectivity index (χ0v) is 15.1. The van der Waals surface area contributed by atoms with Crippen molar-refractivity contribution in [1.82, 2.24) is 5.32 Å². The van der Waals surface area contributed by atoms with E-state index in [9.17, 15) is 0 Å². The molecule has 0 saturated carbocycles. The summed E-state index contributed by atoms with van der Waals surface area (Å²) < 4.78 is 0. The van der Waals surface area contributed by atoms with Crippen LogP contribution in [0, 0.1) is 0 Å². The molecule has 1 aliphatic rings. The minimum Gasteiger partial charge on any atom is -0.383 e. The third-order valence-electron chi connectivity index (χ3n) is 4.29. The van der Waals surface area contributed by atoms with Crippen LogP contribution in [0.4, 0.5) is 11.4 Å². The van der Waals surface area contributed by atoms with Gasteiger partial charge >= 0.3 is 0 Å². The second-order valence-electron chi connectivity index (χ2n) is 6.13. The number of rotatable bonds is 7. The number of aryl methyl sites for hydroxylation is 1. The minimum absolute atomic E-state index is 0.599. The number of hydrogen-bond donors (Lipinski definition) is 2. The molecule has 2 aromatic rings. The maximum Gasteiger partial charge on any atom is 0.141 e. The highest BCUT2D eigenvalue weighted by Crippen LogP contribution is 2.30. The number of aliphatic imine (C=N–C) groups is 1. The Kier molecular flexibility index (Phi) is 5.88. The van der Waals surface area contributed by atoms with Gasteiger partial charge in [-0.25, -0.2) is 4.99 Å². The average molecular weight is 343 g/mol. The van der Waals surface area contributed by atoms with Crippen LogP contribution >= 0.6 is 11.3 Å². The van der Waals surface area contributed by atoms with Crippen molar-refractivity contribution >= 4 is 28.5 Å². The summed E-state index contributed by atoms with van der Waals surface area (Å²) in [6, 6.07) is 10.5. The zero-order chi connectivity index (χ0) is 16.8. The predicted molar refractivity (Wildman–Crippen MR) is 105 cm³/mol. The van der Waals surface area contributed by atoms with Gasteiger partial charge in [-0.15, -0.1) is 11.3 Å². The van der Waals surface area contributed by atoms with Gasteiger partial charge in [-0.1, -0.05) is 13.0 Å². The van der Waals surface area contributed by atoms with Crippen LogP contribution in [-0.2, 0) is 6.42 Å². The highest BCUT2D eigenvalue weighted by atomic mass is 32.1. The predicted octanol–water partition coefficient (Wildman–Crippen LogP) is 3.54. The molecule has 1 aromatic heterocycles. The topological polar surface area (TPSA) is 53.6 Å². The molecule has 0 aliphatic carbocycles. The number of nitrogens with two attached hydrogens (primary N) is 1. The number of hydrogen-bond acceptors (Lipinski definition) is 4. The second-order valence-corrected chi connectivity index (χ2v) is 7.08. The lowest BCUT2D eigenvalue weighted by atomic mass is 10.0. The van der Waals surface area contributed by atoms with E-state index in [0.29, 0.717) is 5.84 Å². The van der Waals surface area contributed by atoms with Gasteiger partial charge in [0.2, 0.25) is 0 Å². The summed E-state index contributed by atoms with van der Waals surface area (Å²) in [6.45, 7) is 6.54. The van der Waals surface area contributed by atoms with Crippen LogP contribution in [0.25, 0.3) is 0 Å². The quantitative estimate of drug-likeness (QED) is 0.460. The summed E-state index contributed by atoms with van der Waals surface area (Å²) in [6.07, 6.45) is 3.51. The van der Waals surface area contributed by atoms with Gasteiger partial charge in [0.05, 0.1) is 10.6 Å². The van der Waals surface area contributed by atoms with E-state index < -0.39 is 0 Å². The van der Waals surface area contributed by atoms with Crippen molar-refractivity contribution in [3.8, 4) is 0 Å². The van der Waals surface area contributed by atoms with Crippen molar-refractivity contribution in [2.75, 3.05) is 31.1 Å². The van der Waals surface area contributed by atoms with Crippen LogP contribution in [0.3, 0.4) is 0 Å². The molecule has 0 fully saturated rings. The fourth-order valence-electron chi connectivity index (χ4n) is 3.10. The summed E-state index contributed by atoms with van der Waals surface area (Å²) in [4.78, 5) is 8.10. The number of amidine groups is 1. The molecule has 3 N–H and O–H groups in total. The van der Waals surface area contributed by atoms with Gasteiger partial charge in [-0.2, -0.15) is 0 Å². The lowest BCUT2D eigenvalue weighted by Gasteiger charge is -2.31. The van der Waals surface area contributed by atoms with Gasteiger partial charge in [-0.05, 0) is 61.0 Å². The average Bonchev–Trinajstić information content (AvgIpc) is 3.13. The van der Waals surface area contributed by atoms with Gasteiger partial charge in [0.1, 0.15) is 5.84 Å². The van der Waals surface area contributed by atoms with Crippen LogP contribution in [0.2, 0.25) is 0 Å². The molecule has 2 heterocycles. The Balaban J connectivity index is 1.72. The molecule has 1 aliphatic heterocycles. The maximum atomic E-state index is 6.11. The van der Waals surface area contributed by atoms with Crippen LogP contribution < -0.4 is 16.0 Å². The molecular formula is C19H26N4S. The standard InChI is InChI=1S/C19H26N4S/c1-2-9-21-10-12-23-11-3-5-15-14-16(7-8-17(15)23)22-19(20)18-6-4-13-24-18/h4,6-8,13-14,21H,2-3,5,9-12H2,1H3,(H2,20,22). The largest absolute Gasteiger partial charge is 0.383 e. The van der Waals surface area contributed by atoms with E-state index in [2.05, 4.69) is 40.3 Å². The first-order valence-electron chi connectivity index (χ1n) is 8.74. The fraction of sp³-hybridized carbons (Fsp3) is 0.421. The Hall–Kier alpha value is -1.85. The van der Waals surface area contributed by atoms with Crippen molar-refractivity contribution in [3.63, 3.8) is 0 Å². The number of anilines is 1. The van der Waals surface area contributed by atoms with Crippen LogP contribution in [0.5, 0.6) is 0 Å². The number of thiophene rings is 1. The van der Waals surface area contributed by atoms with E-state index in [-0.39, 0.29) is 0 Å². The van der Waals surface area contributed by atoms with Crippen molar-refractivity contribution < 1.29 is 0 Å². The van der Waals surface area contributed by atoms with Crippen molar-refractivity contribution in [3.05, 3.63) is 46.2 Å². The highest BCUT2D eigenvalue weighted by molar-refractivity contribution is 7.12. The maximum absolute atomic E-state index is 6.11. The lowest BCUT2D eigenvalue weighted by molar-refractivity contribution is 0.625. The summed E-state index contributed by atoms with van der Waals surface area (Å²) in [5.74, 6) is 0.599. The number of nitrogens with zero attached hydrogens (tertiary/aromatic N) is 2. The minimum atomic E-state index is 0.599. The van der Waals surface area contributed by atoms with Crippen molar-refractivity contribution in [2.45, 2.75) is 26.2 Å². The first-order valence-corrected chi connectivity index (χ1v) is 9.62. The van der Waals surface area contributed by atoms with Gasteiger partial charge in [0.25, 0.3) is 0 Å². The van der Waals surface area contributed by atoms with E-state index in [4.69, 9.17) is 5.73 Å². The molecule has 0 amide bonds. The van der Waals surface area contributed by atoms with Crippen LogP contribution in [-0.4, -0.2) is 32.0 Å². The van der Waals surface area contributed by atoms with E-state index >= 15 is 0 Å². The summed E-state index contributed by atoms with van der Waals surface area (Å²) in [5, 5.41) is 5.51. The van der Waals surface area contributed by atoms with E-state index in [0.717, 1.165) is 43.2 Å². The van der Waals surface area contributed by atoms with Crippen molar-refractivity contribution in [1.29, 1.82) is 0 Å². The Morgan fingerprint density at radius 3 is 3.04 bits per heavy atom. The number of benzene rings is 1. The Morgan fingerprint density at radius 1 is 1.33 bits per heavy atom. The molecule has 0 saturated heterocycles. The molecule has 1 aromatic carbocycles. The number of nitrogens with one attached hydrogen (secondary N) is 1. The summed E-state index contributed by atoms with van der Waals surface area (Å²) in [5.41, 5.74) is 9.80. The molecule has 128 valence electrons. The molecule has 0 bridgehead atoms. The van der Waals surface area contributed by atoms with Gasteiger partial charge in [0, 0.05) is 25.3 Å². The molecule has 0 unspecified atom stereocenters. The molecule has 0 radical (unpaired) electrons. The zero-order valence-electron chi connectivity index (χ0n) is 14.3. The van der Waals surface area contributed by atoms with E-state index in [1.807, 2.05) is 17.5 Å². The Labute approximate surface area is 148 Å². The van der Waals surface area contributed by atoms with Crippen LogP contribution in [0.15, 0.2) is 40.7 Å². The fourth-order valence-corrected chi connectivity index (χ4v) is 3.72. The van der Waals surface area contributed by atoms with E-state index in [1.54, 1.807) is 11.3 Å². The lowest BCUT2D eigenvalue weighted by Crippen LogP contribution is -2.35. The van der Waals surface area contributed by atoms with Crippen LogP contribution in [0.1, 0.15) is 30.2 Å². The highest BCUT2D eigenvalue weighted by Gasteiger charge is 2.16. The van der Waals surface area contributed by atoms with Gasteiger partial charge in [0.15, 0.2) is 0 Å². The first kappa shape index (κ1) is 17.0. The molecule has 5 heteroatoms. The summed E-state index contributed by atoms with van der Waals surface area (Å²) in [7, 11) is 0. The monoisotopic (exact) mass is 342 g/mol. The normalized spacial score (nSPS) is 14.7. The molecule has 3 rings (SSSR count). The third kappa shape index (κ3) is 4.16. The summed E-state index contributed by atoms with van der Waals surface area (Å²) >= 11 is 1.62. The van der Waals surface area contributed by atoms with Crippen molar-refractivity contribution in [2.24, 2.45) is 10.7 Å². The molecular weight excluding hydrogens is 316 g/mol. The molecule has 0 spiro atoms. The first-order chi connectivity index (χ1) is 11.8. The Bertz CT molecular complexity index is 679. The third-order valence-corrected chi connectivity index (χ3v) is 5.18. The second kappa shape index (κ2) is 8.31. The number of fused-ring (bicyclic) bond motifs is 1. The van der Waals surface area contributed by atoms with Gasteiger partial charge < -0.3 is 16.0 Å². The molecule has 0 atom stereocenters. The Morgan fingerprint density at radius 2 is 2.25 bits per heavy atom. The van der Waals surface area contributed by atoms with E-state index in [1.165, 1.54) is 24.1 Å². The van der Waals surface area contributed by atoms with Gasteiger partial charge in [-0.3, -0.25) is 0 Å². The smallest absolute Gasteiger partial charge is 0.141 e. The SMILES string of the molecule is CCCNCCN1CCCc2cc(N=C(N)c3cccs3)ccc21. The molecule has 4 nitrogen and oxygen atoms in total. The molecule has 24 heavy (non-hydrogen) atoms.